The molecule has 2 heteroatoms. The molecule has 1 saturated carbocycles. The molecule has 1 spiro atoms. The third-order valence-corrected chi connectivity index (χ3v) is 5.09. The molecule has 1 heterocycles. The fraction of sp³-hybridized carbons (Fsp3) is 0.667. The minimum atomic E-state index is -0.150. The molecule has 3 rings (SSSR count). The zero-order valence-corrected chi connectivity index (χ0v) is 10.9. The Morgan fingerprint density at radius 2 is 2.29 bits per heavy atom. The van der Waals surface area contributed by atoms with Crippen LogP contribution >= 0.6 is 0 Å². The number of ketones is 1. The van der Waals surface area contributed by atoms with E-state index in [0.717, 1.165) is 18.4 Å². The maximum atomic E-state index is 11.8. The van der Waals surface area contributed by atoms with Gasteiger partial charge in [0.15, 0.2) is 5.78 Å². The number of epoxide rings is 1. The molecule has 1 saturated heterocycles. The van der Waals surface area contributed by atoms with Gasteiger partial charge in [0.1, 0.15) is 5.60 Å². The molecule has 4 unspecified atom stereocenters. The highest BCUT2D eigenvalue weighted by Gasteiger charge is 2.73. The standard InChI is InChI=1S/C15H20O2/c1-9(2)12-5-6-14(4)8-11(16)7-10(3)15(14)13(12)17-15/h7,12-13H,1,5-6,8H2,2-4H3. The zero-order valence-electron chi connectivity index (χ0n) is 10.9. The summed E-state index contributed by atoms with van der Waals surface area (Å²) < 4.78 is 6.13. The lowest BCUT2D eigenvalue weighted by Crippen LogP contribution is -2.48. The molecule has 3 aliphatic rings. The van der Waals surface area contributed by atoms with Crippen molar-refractivity contribution in [2.75, 3.05) is 0 Å². The number of ether oxygens (including phenoxy) is 1. The Morgan fingerprint density at radius 1 is 1.59 bits per heavy atom. The van der Waals surface area contributed by atoms with Gasteiger partial charge >= 0.3 is 0 Å². The number of carbonyl (C=O) groups is 1. The number of hydrogen-bond acceptors (Lipinski definition) is 2. The van der Waals surface area contributed by atoms with Crippen LogP contribution in [0.25, 0.3) is 0 Å². The summed E-state index contributed by atoms with van der Waals surface area (Å²) in [5.41, 5.74) is 2.22. The molecule has 0 aromatic heterocycles. The smallest absolute Gasteiger partial charge is 0.156 e. The maximum absolute atomic E-state index is 11.8. The molecule has 0 radical (unpaired) electrons. The van der Waals surface area contributed by atoms with Gasteiger partial charge in [-0.25, -0.2) is 0 Å². The molecule has 2 nitrogen and oxygen atoms in total. The van der Waals surface area contributed by atoms with Gasteiger partial charge in [0.05, 0.1) is 6.10 Å². The Morgan fingerprint density at radius 3 is 2.94 bits per heavy atom. The summed E-state index contributed by atoms with van der Waals surface area (Å²) in [6, 6.07) is 0. The molecule has 92 valence electrons. The van der Waals surface area contributed by atoms with E-state index in [-0.39, 0.29) is 22.9 Å². The highest BCUT2D eigenvalue weighted by Crippen LogP contribution is 2.67. The second-order valence-corrected chi connectivity index (χ2v) is 6.30. The molecule has 17 heavy (non-hydrogen) atoms. The van der Waals surface area contributed by atoms with Crippen molar-refractivity contribution in [1.29, 1.82) is 0 Å². The first-order chi connectivity index (χ1) is 7.91. The van der Waals surface area contributed by atoms with Crippen molar-refractivity contribution in [3.63, 3.8) is 0 Å². The maximum Gasteiger partial charge on any atom is 0.156 e. The molecule has 0 aromatic rings. The van der Waals surface area contributed by atoms with Crippen LogP contribution in [0.5, 0.6) is 0 Å². The van der Waals surface area contributed by atoms with Gasteiger partial charge in [-0.1, -0.05) is 19.1 Å². The minimum Gasteiger partial charge on any atom is -0.360 e. The van der Waals surface area contributed by atoms with Crippen molar-refractivity contribution in [2.45, 2.75) is 51.7 Å². The summed E-state index contributed by atoms with van der Waals surface area (Å²) in [7, 11) is 0. The highest BCUT2D eigenvalue weighted by molar-refractivity contribution is 5.93. The van der Waals surface area contributed by atoms with Crippen LogP contribution in [0, 0.1) is 11.3 Å². The average molecular weight is 232 g/mol. The Bertz CT molecular complexity index is 448. The Labute approximate surface area is 103 Å². The van der Waals surface area contributed by atoms with E-state index in [4.69, 9.17) is 4.74 Å². The van der Waals surface area contributed by atoms with E-state index in [1.807, 2.05) is 0 Å². The van der Waals surface area contributed by atoms with Gasteiger partial charge in [0.2, 0.25) is 0 Å². The van der Waals surface area contributed by atoms with Gasteiger partial charge in [0, 0.05) is 17.8 Å². The van der Waals surface area contributed by atoms with E-state index < -0.39 is 0 Å². The highest BCUT2D eigenvalue weighted by atomic mass is 16.6. The van der Waals surface area contributed by atoms with Crippen molar-refractivity contribution >= 4 is 5.78 Å². The topological polar surface area (TPSA) is 29.6 Å². The van der Waals surface area contributed by atoms with Crippen molar-refractivity contribution in [3.8, 4) is 0 Å². The van der Waals surface area contributed by atoms with Crippen molar-refractivity contribution in [3.05, 3.63) is 23.8 Å². The van der Waals surface area contributed by atoms with Gasteiger partial charge < -0.3 is 4.74 Å². The normalized spacial score (nSPS) is 47.9. The average Bonchev–Trinajstić information content (AvgIpc) is 2.92. The fourth-order valence-electron chi connectivity index (χ4n) is 4.13. The van der Waals surface area contributed by atoms with E-state index in [1.54, 1.807) is 6.08 Å². The van der Waals surface area contributed by atoms with Crippen LogP contribution < -0.4 is 0 Å². The largest absolute Gasteiger partial charge is 0.360 e. The van der Waals surface area contributed by atoms with Crippen molar-refractivity contribution in [1.82, 2.24) is 0 Å². The molecule has 2 fully saturated rings. The van der Waals surface area contributed by atoms with Crippen LogP contribution in [-0.4, -0.2) is 17.5 Å². The lowest BCUT2D eigenvalue weighted by atomic mass is 9.57. The fourth-order valence-corrected chi connectivity index (χ4v) is 4.13. The molecular weight excluding hydrogens is 212 g/mol. The van der Waals surface area contributed by atoms with Crippen LogP contribution in [0.4, 0.5) is 0 Å². The zero-order chi connectivity index (χ0) is 12.4. The number of allylic oxidation sites excluding steroid dienone is 1. The summed E-state index contributed by atoms with van der Waals surface area (Å²) >= 11 is 0. The molecule has 2 aliphatic carbocycles. The van der Waals surface area contributed by atoms with Crippen LogP contribution in [0.15, 0.2) is 23.8 Å². The van der Waals surface area contributed by atoms with Crippen LogP contribution in [0.3, 0.4) is 0 Å². The third-order valence-electron chi connectivity index (χ3n) is 5.09. The van der Waals surface area contributed by atoms with Crippen molar-refractivity contribution < 1.29 is 9.53 Å². The molecular formula is C15H20O2. The molecule has 0 amide bonds. The molecule has 0 bridgehead atoms. The molecule has 1 aliphatic heterocycles. The lowest BCUT2D eigenvalue weighted by Gasteiger charge is -2.43. The summed E-state index contributed by atoms with van der Waals surface area (Å²) in [6.07, 6.45) is 4.88. The van der Waals surface area contributed by atoms with Gasteiger partial charge in [0.25, 0.3) is 0 Å². The van der Waals surface area contributed by atoms with Crippen LogP contribution in [0.2, 0.25) is 0 Å². The number of rotatable bonds is 1. The molecule has 0 N–H and O–H groups in total. The first-order valence-electron chi connectivity index (χ1n) is 6.45. The minimum absolute atomic E-state index is 0.0134. The third kappa shape index (κ3) is 1.22. The van der Waals surface area contributed by atoms with Gasteiger partial charge in [-0.3, -0.25) is 4.79 Å². The lowest BCUT2D eigenvalue weighted by molar-refractivity contribution is -0.119. The quantitative estimate of drug-likeness (QED) is 0.513. The molecule has 4 atom stereocenters. The predicted molar refractivity (Wildman–Crippen MR) is 66.6 cm³/mol. The Kier molecular flexibility index (Phi) is 2.05. The van der Waals surface area contributed by atoms with Crippen molar-refractivity contribution in [2.24, 2.45) is 11.3 Å². The van der Waals surface area contributed by atoms with E-state index in [2.05, 4.69) is 27.4 Å². The summed E-state index contributed by atoms with van der Waals surface area (Å²) in [5, 5.41) is 0. The van der Waals surface area contributed by atoms with E-state index in [0.29, 0.717) is 12.3 Å². The Hall–Kier alpha value is -0.890. The second-order valence-electron chi connectivity index (χ2n) is 6.30. The van der Waals surface area contributed by atoms with E-state index in [1.165, 1.54) is 5.57 Å². The van der Waals surface area contributed by atoms with Gasteiger partial charge in [-0.2, -0.15) is 0 Å². The molecule has 0 aromatic carbocycles. The Balaban J connectivity index is 2.03. The second kappa shape index (κ2) is 3.11. The SMILES string of the molecule is C=C(C)C1CCC2(C)CC(=O)C=C(C)C23OC13. The van der Waals surface area contributed by atoms with Crippen LogP contribution in [0.1, 0.15) is 40.0 Å². The first kappa shape index (κ1) is 11.2. The number of hydrogen-bond donors (Lipinski definition) is 0. The summed E-state index contributed by atoms with van der Waals surface area (Å²) in [6.45, 7) is 10.4. The van der Waals surface area contributed by atoms with Crippen LogP contribution in [-0.2, 0) is 9.53 Å². The van der Waals surface area contributed by atoms with Gasteiger partial charge in [-0.05, 0) is 38.3 Å². The van der Waals surface area contributed by atoms with E-state index in [9.17, 15) is 4.79 Å². The summed E-state index contributed by atoms with van der Waals surface area (Å²) in [4.78, 5) is 11.8. The summed E-state index contributed by atoms with van der Waals surface area (Å²) in [5.74, 6) is 0.735. The predicted octanol–water partition coefficient (Wildman–Crippen LogP) is 3.04. The first-order valence-corrected chi connectivity index (χ1v) is 6.45. The monoisotopic (exact) mass is 232 g/mol. The number of carbonyl (C=O) groups excluding carboxylic acids is 1. The van der Waals surface area contributed by atoms with E-state index >= 15 is 0 Å². The van der Waals surface area contributed by atoms with Gasteiger partial charge in [-0.15, -0.1) is 0 Å².